The van der Waals surface area contributed by atoms with Gasteiger partial charge in [-0.3, -0.25) is 9.59 Å². The van der Waals surface area contributed by atoms with E-state index < -0.39 is 11.9 Å². The van der Waals surface area contributed by atoms with Gasteiger partial charge in [0.1, 0.15) is 6.61 Å². The number of ether oxygens (including phenoxy) is 1. The van der Waals surface area contributed by atoms with Gasteiger partial charge >= 0.3 is 11.9 Å². The van der Waals surface area contributed by atoms with Crippen LogP contribution < -0.4 is 4.90 Å². The van der Waals surface area contributed by atoms with Crippen LogP contribution in [-0.4, -0.2) is 36.7 Å². The molecule has 0 saturated heterocycles. The summed E-state index contributed by atoms with van der Waals surface area (Å²) in [6.07, 6.45) is 0.0216. The van der Waals surface area contributed by atoms with E-state index in [-0.39, 0.29) is 19.4 Å². The van der Waals surface area contributed by atoms with Crippen molar-refractivity contribution in [2.45, 2.75) is 26.2 Å². The summed E-state index contributed by atoms with van der Waals surface area (Å²) in [4.78, 5) is 23.7. The number of hydrogen-bond acceptors (Lipinski definition) is 5. The minimum Gasteiger partial charge on any atom is -0.481 e. The smallest absolute Gasteiger partial charge is 0.306 e. The van der Waals surface area contributed by atoms with Crippen LogP contribution in [0.15, 0.2) is 24.3 Å². The van der Waals surface area contributed by atoms with Gasteiger partial charge < -0.3 is 14.7 Å². The van der Waals surface area contributed by atoms with E-state index in [1.54, 1.807) is 0 Å². The zero-order valence-electron chi connectivity index (χ0n) is 12.6. The fourth-order valence-electron chi connectivity index (χ4n) is 1.93. The Bertz CT molecular complexity index is 551. The summed E-state index contributed by atoms with van der Waals surface area (Å²) in [5, 5.41) is 17.2. The topological polar surface area (TPSA) is 90.6 Å². The summed E-state index contributed by atoms with van der Waals surface area (Å²) in [6, 6.07) is 9.96. The molecule has 6 nitrogen and oxygen atoms in total. The maximum Gasteiger partial charge on any atom is 0.306 e. The molecule has 0 heterocycles. The van der Waals surface area contributed by atoms with Crippen LogP contribution in [0.5, 0.6) is 0 Å². The number of anilines is 1. The maximum atomic E-state index is 11.4. The van der Waals surface area contributed by atoms with Crippen LogP contribution >= 0.6 is 0 Å². The number of nitrogens with zero attached hydrogens (tertiary/aromatic N) is 2. The Balaban J connectivity index is 2.50. The molecule has 0 unspecified atom stereocenters. The number of rotatable bonds is 9. The van der Waals surface area contributed by atoms with Gasteiger partial charge in [-0.25, -0.2) is 0 Å². The number of aliphatic carboxylic acids is 1. The SMILES string of the molecule is Cc1cccc(N(CCC#N)CCOC(=O)CCC(=O)O)c1. The molecule has 0 spiro atoms. The average Bonchev–Trinajstić information content (AvgIpc) is 2.48. The summed E-state index contributed by atoms with van der Waals surface area (Å²) in [7, 11) is 0. The van der Waals surface area contributed by atoms with Crippen molar-refractivity contribution in [1.82, 2.24) is 0 Å². The Kier molecular flexibility index (Phi) is 7.48. The molecule has 118 valence electrons. The van der Waals surface area contributed by atoms with Crippen molar-refractivity contribution in [2.24, 2.45) is 0 Å². The molecule has 0 atom stereocenters. The number of carboxylic acids is 1. The lowest BCUT2D eigenvalue weighted by atomic mass is 10.2. The van der Waals surface area contributed by atoms with Crippen LogP contribution in [0.3, 0.4) is 0 Å². The molecule has 0 aromatic heterocycles. The van der Waals surface area contributed by atoms with Crippen molar-refractivity contribution >= 4 is 17.6 Å². The van der Waals surface area contributed by atoms with Crippen molar-refractivity contribution in [3.63, 3.8) is 0 Å². The molecule has 0 saturated carbocycles. The summed E-state index contributed by atoms with van der Waals surface area (Å²) in [6.45, 7) is 3.16. The van der Waals surface area contributed by atoms with Gasteiger partial charge in [-0.2, -0.15) is 5.26 Å². The van der Waals surface area contributed by atoms with Gasteiger partial charge in [-0.05, 0) is 24.6 Å². The highest BCUT2D eigenvalue weighted by atomic mass is 16.5. The van der Waals surface area contributed by atoms with Gasteiger partial charge in [0.15, 0.2) is 0 Å². The van der Waals surface area contributed by atoms with Gasteiger partial charge in [0, 0.05) is 12.2 Å². The quantitative estimate of drug-likeness (QED) is 0.703. The van der Waals surface area contributed by atoms with Gasteiger partial charge in [-0.15, -0.1) is 0 Å². The molecule has 0 radical (unpaired) electrons. The van der Waals surface area contributed by atoms with Gasteiger partial charge in [-0.1, -0.05) is 12.1 Å². The molecule has 1 rings (SSSR count). The van der Waals surface area contributed by atoms with Crippen molar-refractivity contribution in [3.8, 4) is 6.07 Å². The number of carboxylic acid groups (broad SMARTS) is 1. The molecule has 0 bridgehead atoms. The highest BCUT2D eigenvalue weighted by Crippen LogP contribution is 2.16. The fourth-order valence-corrected chi connectivity index (χ4v) is 1.93. The molecule has 0 fully saturated rings. The second-order valence-corrected chi connectivity index (χ2v) is 4.85. The van der Waals surface area contributed by atoms with E-state index >= 15 is 0 Å². The molecule has 0 amide bonds. The minimum absolute atomic E-state index is 0.127. The maximum absolute atomic E-state index is 11.4. The first-order chi connectivity index (χ1) is 10.5. The third-order valence-electron chi connectivity index (χ3n) is 3.03. The van der Waals surface area contributed by atoms with E-state index in [1.165, 1.54) is 0 Å². The number of benzene rings is 1. The molecule has 0 aliphatic heterocycles. The number of nitriles is 1. The van der Waals surface area contributed by atoms with E-state index in [0.717, 1.165) is 11.3 Å². The molecular formula is C16H20N2O4. The van der Waals surface area contributed by atoms with E-state index in [9.17, 15) is 9.59 Å². The van der Waals surface area contributed by atoms with Gasteiger partial charge in [0.25, 0.3) is 0 Å². The van der Waals surface area contributed by atoms with E-state index in [2.05, 4.69) is 6.07 Å². The summed E-state index contributed by atoms with van der Waals surface area (Å²) in [5.41, 5.74) is 2.08. The molecule has 6 heteroatoms. The second-order valence-electron chi connectivity index (χ2n) is 4.85. The zero-order valence-corrected chi connectivity index (χ0v) is 12.6. The average molecular weight is 304 g/mol. The Morgan fingerprint density at radius 3 is 2.73 bits per heavy atom. The van der Waals surface area contributed by atoms with Gasteiger partial charge in [0.05, 0.1) is 31.9 Å². The number of aryl methyl sites for hydroxylation is 1. The van der Waals surface area contributed by atoms with Crippen LogP contribution in [-0.2, 0) is 14.3 Å². The summed E-state index contributed by atoms with van der Waals surface area (Å²) in [5.74, 6) is -1.54. The Morgan fingerprint density at radius 1 is 1.32 bits per heavy atom. The first-order valence-corrected chi connectivity index (χ1v) is 7.09. The molecule has 1 aromatic rings. The number of carbonyl (C=O) groups is 2. The third kappa shape index (κ3) is 6.75. The molecule has 22 heavy (non-hydrogen) atoms. The number of hydrogen-bond donors (Lipinski definition) is 1. The van der Waals surface area contributed by atoms with Crippen LogP contribution in [0.4, 0.5) is 5.69 Å². The first kappa shape index (κ1) is 17.5. The van der Waals surface area contributed by atoms with Crippen LogP contribution in [0.25, 0.3) is 0 Å². The fraction of sp³-hybridized carbons (Fsp3) is 0.438. The van der Waals surface area contributed by atoms with Crippen LogP contribution in [0.2, 0.25) is 0 Å². The monoisotopic (exact) mass is 304 g/mol. The predicted molar refractivity (Wildman–Crippen MR) is 81.5 cm³/mol. The van der Waals surface area contributed by atoms with Crippen LogP contribution in [0, 0.1) is 18.3 Å². The third-order valence-corrected chi connectivity index (χ3v) is 3.03. The lowest BCUT2D eigenvalue weighted by molar-refractivity contribution is -0.147. The number of carbonyl (C=O) groups excluding carboxylic acids is 1. The van der Waals surface area contributed by atoms with Crippen molar-refractivity contribution in [1.29, 1.82) is 5.26 Å². The largest absolute Gasteiger partial charge is 0.481 e. The van der Waals surface area contributed by atoms with Crippen molar-refractivity contribution in [3.05, 3.63) is 29.8 Å². The molecule has 0 aliphatic carbocycles. The predicted octanol–water partition coefficient (Wildman–Crippen LogP) is 2.12. The van der Waals surface area contributed by atoms with Crippen molar-refractivity contribution < 1.29 is 19.4 Å². The van der Waals surface area contributed by atoms with E-state index in [4.69, 9.17) is 15.1 Å². The summed E-state index contributed by atoms with van der Waals surface area (Å²) >= 11 is 0. The first-order valence-electron chi connectivity index (χ1n) is 7.09. The Morgan fingerprint density at radius 2 is 2.09 bits per heavy atom. The standard InChI is InChI=1S/C16H20N2O4/c1-13-4-2-5-14(12-13)18(9-3-8-17)10-11-22-16(21)7-6-15(19)20/h2,4-5,12H,3,6-7,9-11H2,1H3,(H,19,20). The van der Waals surface area contributed by atoms with Crippen LogP contribution in [0.1, 0.15) is 24.8 Å². The highest BCUT2D eigenvalue weighted by molar-refractivity contribution is 5.76. The van der Waals surface area contributed by atoms with E-state index in [0.29, 0.717) is 19.5 Å². The zero-order chi connectivity index (χ0) is 16.4. The Labute approximate surface area is 129 Å². The second kappa shape index (κ2) is 9.40. The van der Waals surface area contributed by atoms with Crippen molar-refractivity contribution in [2.75, 3.05) is 24.6 Å². The lowest BCUT2D eigenvalue weighted by Crippen LogP contribution is -2.29. The molecule has 1 aromatic carbocycles. The van der Waals surface area contributed by atoms with E-state index in [1.807, 2.05) is 36.1 Å². The number of esters is 1. The summed E-state index contributed by atoms with van der Waals surface area (Å²) < 4.78 is 5.03. The lowest BCUT2D eigenvalue weighted by Gasteiger charge is -2.24. The molecule has 1 N–H and O–H groups in total. The molecular weight excluding hydrogens is 284 g/mol. The molecule has 0 aliphatic rings. The van der Waals surface area contributed by atoms with Gasteiger partial charge in [0.2, 0.25) is 0 Å². The normalized spacial score (nSPS) is 9.82. The Hall–Kier alpha value is -2.55. The highest BCUT2D eigenvalue weighted by Gasteiger charge is 2.10. The minimum atomic E-state index is -1.02.